The zero-order valence-electron chi connectivity index (χ0n) is 9.03. The van der Waals surface area contributed by atoms with Crippen molar-refractivity contribution >= 4 is 11.9 Å². The number of nitrogens with zero attached hydrogens (tertiary/aromatic N) is 3. The molecule has 6 heteroatoms. The predicted octanol–water partition coefficient (Wildman–Crippen LogP) is 1.68. The molecular formula is C8H15N4OY-. The molecule has 77 valence electrons. The van der Waals surface area contributed by atoms with E-state index in [0.29, 0.717) is 0 Å². The molecule has 2 amide bonds. The van der Waals surface area contributed by atoms with Crippen molar-refractivity contribution in [2.45, 2.75) is 27.2 Å². The van der Waals surface area contributed by atoms with Crippen LogP contribution in [-0.2, 0) is 32.7 Å². The van der Waals surface area contributed by atoms with Gasteiger partial charge in [-0.3, -0.25) is 4.79 Å². The fraction of sp³-hybridized carbons (Fsp3) is 0.750. The van der Waals surface area contributed by atoms with Crippen LogP contribution < -0.4 is 5.43 Å². The first-order valence-electron chi connectivity index (χ1n) is 4.31. The first kappa shape index (κ1) is 13.8. The summed E-state index contributed by atoms with van der Waals surface area (Å²) in [5.74, 6) is 0.733. The molecular weight excluding hydrogens is 257 g/mol. The van der Waals surface area contributed by atoms with E-state index in [9.17, 15) is 4.79 Å². The number of hydrogen-bond donors (Lipinski definition) is 1. The Morgan fingerprint density at radius 1 is 1.57 bits per heavy atom. The Morgan fingerprint density at radius 3 is 2.57 bits per heavy atom. The van der Waals surface area contributed by atoms with E-state index in [4.69, 9.17) is 0 Å². The summed E-state index contributed by atoms with van der Waals surface area (Å²) in [6, 6.07) is -0.365. The maximum absolute atomic E-state index is 10.9. The molecule has 0 saturated heterocycles. The fourth-order valence-electron chi connectivity index (χ4n) is 0.843. The molecule has 14 heavy (non-hydrogen) atoms. The number of carbonyl (C=O) groups is 1. The van der Waals surface area contributed by atoms with E-state index in [1.165, 1.54) is 5.01 Å². The standard InChI is InChI=1S/C8H16N4O.Y/c1-5-8(2,3)6-9-10-7(13)12(4)11-6;/h5H2,1-4H3,(H2,9,10,11,13);/p-1. The quantitative estimate of drug-likeness (QED) is 0.831. The van der Waals surface area contributed by atoms with E-state index < -0.39 is 0 Å². The van der Waals surface area contributed by atoms with Crippen LogP contribution >= 0.6 is 0 Å². The van der Waals surface area contributed by atoms with Crippen LogP contribution in [0.1, 0.15) is 27.2 Å². The first-order chi connectivity index (χ1) is 5.97. The van der Waals surface area contributed by atoms with Crippen LogP contribution in [0.15, 0.2) is 5.10 Å². The topological polar surface area (TPSA) is 58.8 Å². The molecule has 1 radical (unpaired) electrons. The largest absolute Gasteiger partial charge is 0.365 e. The average Bonchev–Trinajstić information content (AvgIpc) is 2.09. The van der Waals surface area contributed by atoms with Gasteiger partial charge in [-0.05, 0) is 13.5 Å². The molecule has 0 aliphatic carbocycles. The van der Waals surface area contributed by atoms with E-state index >= 15 is 0 Å². The minimum atomic E-state index is -0.365. The summed E-state index contributed by atoms with van der Waals surface area (Å²) in [5, 5.41) is 5.18. The molecule has 0 fully saturated rings. The molecule has 0 spiro atoms. The number of rotatable bonds is 2. The smallest absolute Gasteiger partial charge is 0.188 e. The van der Waals surface area contributed by atoms with Crippen molar-refractivity contribution < 1.29 is 37.5 Å². The summed E-state index contributed by atoms with van der Waals surface area (Å²) in [5.41, 5.74) is 6.35. The third-order valence-corrected chi connectivity index (χ3v) is 2.32. The molecule has 1 N–H and O–H groups in total. The summed E-state index contributed by atoms with van der Waals surface area (Å²) >= 11 is 0. The SMILES string of the molecule is CCC(C)(C)C1=N[N-]C(=O)N(C)N1.[Y]. The van der Waals surface area contributed by atoms with Crippen molar-refractivity contribution in [3.8, 4) is 0 Å². The number of urea groups is 1. The average molecular weight is 272 g/mol. The molecule has 0 atom stereocenters. The maximum atomic E-state index is 10.9. The summed E-state index contributed by atoms with van der Waals surface area (Å²) in [6.07, 6.45) is 0.941. The van der Waals surface area contributed by atoms with Gasteiger partial charge < -0.3 is 15.9 Å². The normalized spacial score (nSPS) is 16.4. The summed E-state index contributed by atoms with van der Waals surface area (Å²) < 4.78 is 0. The van der Waals surface area contributed by atoms with Crippen LogP contribution in [0.3, 0.4) is 0 Å². The monoisotopic (exact) mass is 272 g/mol. The first-order valence-corrected chi connectivity index (χ1v) is 4.31. The van der Waals surface area contributed by atoms with Gasteiger partial charge in [-0.2, -0.15) is 0 Å². The van der Waals surface area contributed by atoms with Crippen LogP contribution in [0.5, 0.6) is 0 Å². The summed E-state index contributed by atoms with van der Waals surface area (Å²) in [6.45, 7) is 6.18. The molecule has 0 aromatic heterocycles. The van der Waals surface area contributed by atoms with Crippen molar-refractivity contribution in [2.24, 2.45) is 10.5 Å². The van der Waals surface area contributed by atoms with Gasteiger partial charge in [-0.1, -0.05) is 20.8 Å². The Morgan fingerprint density at radius 2 is 2.14 bits per heavy atom. The Hall–Kier alpha value is -0.156. The molecule has 1 aliphatic heterocycles. The van der Waals surface area contributed by atoms with Gasteiger partial charge >= 0.3 is 0 Å². The van der Waals surface area contributed by atoms with Gasteiger partial charge in [0.25, 0.3) is 0 Å². The van der Waals surface area contributed by atoms with Gasteiger partial charge in [0, 0.05) is 38.1 Å². The van der Waals surface area contributed by atoms with Gasteiger partial charge in [0.1, 0.15) is 5.84 Å². The van der Waals surface area contributed by atoms with Crippen molar-refractivity contribution in [3.63, 3.8) is 0 Å². The van der Waals surface area contributed by atoms with Gasteiger partial charge in [0.15, 0.2) is 6.03 Å². The van der Waals surface area contributed by atoms with Crippen molar-refractivity contribution in [3.05, 3.63) is 5.43 Å². The van der Waals surface area contributed by atoms with Crippen LogP contribution in [0.4, 0.5) is 4.79 Å². The predicted molar refractivity (Wildman–Crippen MR) is 51.2 cm³/mol. The molecule has 1 heterocycles. The van der Waals surface area contributed by atoms with E-state index in [-0.39, 0.29) is 44.2 Å². The molecule has 1 aliphatic rings. The maximum Gasteiger partial charge on any atom is 0.188 e. The zero-order valence-corrected chi connectivity index (χ0v) is 11.9. The number of carbonyl (C=O) groups excluding carboxylic acids is 1. The third kappa shape index (κ3) is 2.92. The summed E-state index contributed by atoms with van der Waals surface area (Å²) in [4.78, 5) is 10.9. The van der Waals surface area contributed by atoms with E-state index in [0.717, 1.165) is 12.3 Å². The van der Waals surface area contributed by atoms with E-state index in [1.807, 2.05) is 0 Å². The summed E-state index contributed by atoms with van der Waals surface area (Å²) in [7, 11) is 1.63. The molecule has 0 aromatic carbocycles. The Bertz CT molecular complexity index is 252. The number of hydrazine groups is 1. The van der Waals surface area contributed by atoms with Crippen LogP contribution in [0, 0.1) is 5.41 Å². The second kappa shape index (κ2) is 5.07. The molecule has 0 saturated carbocycles. The van der Waals surface area contributed by atoms with Crippen LogP contribution in [0.2, 0.25) is 0 Å². The Labute approximate surface area is 110 Å². The Balaban J connectivity index is 0.00000169. The minimum Gasteiger partial charge on any atom is -0.365 e. The molecule has 0 unspecified atom stereocenters. The number of nitrogens with one attached hydrogen (secondary N) is 1. The van der Waals surface area contributed by atoms with Crippen molar-refractivity contribution in [1.82, 2.24) is 10.4 Å². The van der Waals surface area contributed by atoms with Crippen LogP contribution in [-0.4, -0.2) is 23.9 Å². The fourth-order valence-corrected chi connectivity index (χ4v) is 0.843. The molecule has 5 nitrogen and oxygen atoms in total. The molecule has 1 rings (SSSR count). The Kier molecular flexibility index (Phi) is 5.02. The number of amides is 2. The van der Waals surface area contributed by atoms with E-state index in [1.54, 1.807) is 7.05 Å². The zero-order chi connectivity index (χ0) is 10.1. The van der Waals surface area contributed by atoms with Gasteiger partial charge in [-0.15, -0.1) is 0 Å². The molecule has 0 aromatic rings. The van der Waals surface area contributed by atoms with E-state index in [2.05, 4.69) is 36.7 Å². The third-order valence-electron chi connectivity index (χ3n) is 2.32. The van der Waals surface area contributed by atoms with Crippen molar-refractivity contribution in [1.29, 1.82) is 0 Å². The van der Waals surface area contributed by atoms with Gasteiger partial charge in [0.2, 0.25) is 0 Å². The molecule has 0 bridgehead atoms. The number of hydrogen-bond acceptors (Lipinski definition) is 3. The minimum absolute atomic E-state index is 0. The van der Waals surface area contributed by atoms with Crippen molar-refractivity contribution in [2.75, 3.05) is 7.05 Å². The second-order valence-electron chi connectivity index (χ2n) is 3.74. The number of amidine groups is 1. The van der Waals surface area contributed by atoms with Gasteiger partial charge in [-0.25, -0.2) is 5.10 Å². The van der Waals surface area contributed by atoms with Gasteiger partial charge in [0.05, 0.1) is 0 Å². The second-order valence-corrected chi connectivity index (χ2v) is 3.74. The van der Waals surface area contributed by atoms with Crippen LogP contribution in [0.25, 0.3) is 5.43 Å².